The van der Waals surface area contributed by atoms with Crippen molar-refractivity contribution in [2.75, 3.05) is 6.79 Å². The molecule has 1 aromatic carbocycles. The number of fused-ring (bicyclic) bond motifs is 2. The summed E-state index contributed by atoms with van der Waals surface area (Å²) in [5.41, 5.74) is 3.34. The van der Waals surface area contributed by atoms with E-state index in [4.69, 9.17) is 14.5 Å². The lowest BCUT2D eigenvalue weighted by Gasteiger charge is -2.14. The summed E-state index contributed by atoms with van der Waals surface area (Å²) in [6, 6.07) is 7.84. The molecule has 26 heavy (non-hydrogen) atoms. The highest BCUT2D eigenvalue weighted by Crippen LogP contribution is 2.34. The minimum Gasteiger partial charge on any atom is -0.454 e. The molecule has 0 saturated heterocycles. The van der Waals surface area contributed by atoms with Gasteiger partial charge in [0, 0.05) is 18.0 Å². The van der Waals surface area contributed by atoms with Crippen LogP contribution in [0.25, 0.3) is 11.0 Å². The number of H-pyrrole nitrogens is 1. The van der Waals surface area contributed by atoms with Crippen LogP contribution >= 0.6 is 11.8 Å². The molecule has 1 N–H and O–H groups in total. The molecule has 0 bridgehead atoms. The molecule has 0 aliphatic carbocycles. The zero-order valence-electron chi connectivity index (χ0n) is 15.0. The van der Waals surface area contributed by atoms with E-state index in [1.54, 1.807) is 16.3 Å². The molecule has 0 radical (unpaired) electrons. The Labute approximate surface area is 155 Å². The maximum atomic E-state index is 12.9. The zero-order chi connectivity index (χ0) is 18.3. The molecule has 3 aromatic rings. The van der Waals surface area contributed by atoms with Crippen LogP contribution in [-0.4, -0.2) is 21.3 Å². The van der Waals surface area contributed by atoms with E-state index in [2.05, 4.69) is 18.8 Å². The second-order valence-electron chi connectivity index (χ2n) is 6.89. The van der Waals surface area contributed by atoms with Gasteiger partial charge in [-0.3, -0.25) is 9.36 Å². The Morgan fingerprint density at radius 1 is 1.27 bits per heavy atom. The average molecular weight is 371 g/mol. The molecule has 0 saturated carbocycles. The zero-order valence-corrected chi connectivity index (χ0v) is 15.9. The monoisotopic (exact) mass is 371 g/mol. The third-order valence-electron chi connectivity index (χ3n) is 4.19. The van der Waals surface area contributed by atoms with Crippen molar-refractivity contribution in [2.45, 2.75) is 38.2 Å². The summed E-state index contributed by atoms with van der Waals surface area (Å²) < 4.78 is 12.6. The minimum absolute atomic E-state index is 0.00927. The van der Waals surface area contributed by atoms with E-state index in [1.165, 1.54) is 0 Å². The maximum Gasteiger partial charge on any atom is 0.278 e. The second-order valence-corrected chi connectivity index (χ2v) is 7.84. The first-order chi connectivity index (χ1) is 12.5. The van der Waals surface area contributed by atoms with Gasteiger partial charge >= 0.3 is 0 Å². The normalized spacial score (nSPS) is 13.1. The molecule has 1 aliphatic heterocycles. The van der Waals surface area contributed by atoms with Gasteiger partial charge in [-0.05, 0) is 36.6 Å². The largest absolute Gasteiger partial charge is 0.454 e. The van der Waals surface area contributed by atoms with Gasteiger partial charge in [-0.15, -0.1) is 0 Å². The Balaban J connectivity index is 1.67. The molecule has 0 unspecified atom stereocenters. The van der Waals surface area contributed by atoms with Gasteiger partial charge in [0.15, 0.2) is 16.7 Å². The summed E-state index contributed by atoms with van der Waals surface area (Å²) in [6.45, 7) is 7.05. The van der Waals surface area contributed by atoms with E-state index >= 15 is 0 Å². The summed E-state index contributed by atoms with van der Waals surface area (Å²) in [7, 11) is 0. The minimum atomic E-state index is -0.00927. The molecular weight excluding hydrogens is 350 g/mol. The van der Waals surface area contributed by atoms with Crippen LogP contribution in [0.4, 0.5) is 0 Å². The number of nitrogens with one attached hydrogen (secondary N) is 1. The SMILES string of the molecule is Cc1cc2nc(SCc3ccc4c(c3)OCO4)n(CC(C)C)c(=O)c2[nH]1. The highest BCUT2D eigenvalue weighted by Gasteiger charge is 2.16. The fourth-order valence-electron chi connectivity index (χ4n) is 3.03. The third kappa shape index (κ3) is 3.19. The van der Waals surface area contributed by atoms with Gasteiger partial charge in [0.05, 0.1) is 5.52 Å². The van der Waals surface area contributed by atoms with Crippen LogP contribution in [0, 0.1) is 12.8 Å². The Morgan fingerprint density at radius 2 is 2.08 bits per heavy atom. The van der Waals surface area contributed by atoms with E-state index < -0.39 is 0 Å². The molecule has 3 heterocycles. The van der Waals surface area contributed by atoms with Crippen molar-refractivity contribution in [2.24, 2.45) is 5.92 Å². The van der Waals surface area contributed by atoms with Crippen LogP contribution in [-0.2, 0) is 12.3 Å². The lowest BCUT2D eigenvalue weighted by Crippen LogP contribution is -2.25. The van der Waals surface area contributed by atoms with Gasteiger partial charge < -0.3 is 14.5 Å². The number of hydrogen-bond donors (Lipinski definition) is 1. The highest BCUT2D eigenvalue weighted by molar-refractivity contribution is 7.98. The van der Waals surface area contributed by atoms with Gasteiger partial charge in [0.1, 0.15) is 5.52 Å². The fraction of sp³-hybridized carbons (Fsp3) is 0.368. The molecule has 0 atom stereocenters. The molecule has 1 aliphatic rings. The lowest BCUT2D eigenvalue weighted by molar-refractivity contribution is 0.174. The maximum absolute atomic E-state index is 12.9. The Kier molecular flexibility index (Phi) is 4.40. The van der Waals surface area contributed by atoms with Crippen LogP contribution in [0.15, 0.2) is 34.2 Å². The standard InChI is InChI=1S/C19H21N3O3S/c1-11(2)8-22-18(23)17-14(6-12(3)20-17)21-19(22)26-9-13-4-5-15-16(7-13)25-10-24-15/h4-7,11,20H,8-10H2,1-3H3. The van der Waals surface area contributed by atoms with E-state index in [9.17, 15) is 4.79 Å². The summed E-state index contributed by atoms with van der Waals surface area (Å²) in [5.74, 6) is 2.61. The predicted octanol–water partition coefficient (Wildman–Crippen LogP) is 3.71. The first-order valence-electron chi connectivity index (χ1n) is 8.63. The number of ether oxygens (including phenoxy) is 2. The molecule has 0 spiro atoms. The second kappa shape index (κ2) is 6.72. The predicted molar refractivity (Wildman–Crippen MR) is 102 cm³/mol. The number of thioether (sulfide) groups is 1. The first-order valence-corrected chi connectivity index (χ1v) is 9.61. The van der Waals surface area contributed by atoms with Gasteiger partial charge in [-0.25, -0.2) is 4.98 Å². The number of nitrogens with zero attached hydrogens (tertiary/aromatic N) is 2. The van der Waals surface area contributed by atoms with Crippen LogP contribution in [0.1, 0.15) is 25.1 Å². The molecule has 0 fully saturated rings. The number of benzene rings is 1. The van der Waals surface area contributed by atoms with Gasteiger partial charge in [0.25, 0.3) is 5.56 Å². The molecular formula is C19H21N3O3S. The van der Waals surface area contributed by atoms with Gasteiger partial charge in [-0.2, -0.15) is 0 Å². The van der Waals surface area contributed by atoms with Crippen LogP contribution in [0.3, 0.4) is 0 Å². The van der Waals surface area contributed by atoms with Crippen LogP contribution in [0.2, 0.25) is 0 Å². The Hall–Kier alpha value is -2.41. The van der Waals surface area contributed by atoms with Gasteiger partial charge in [0.2, 0.25) is 6.79 Å². The summed E-state index contributed by atoms with van der Waals surface area (Å²) in [4.78, 5) is 20.8. The molecule has 2 aromatic heterocycles. The average Bonchev–Trinajstić information content (AvgIpc) is 3.21. The van der Waals surface area contributed by atoms with Crippen molar-refractivity contribution in [3.05, 3.63) is 45.9 Å². The smallest absolute Gasteiger partial charge is 0.278 e. The van der Waals surface area contributed by atoms with E-state index in [1.807, 2.05) is 31.2 Å². The number of rotatable bonds is 5. The van der Waals surface area contributed by atoms with Crippen molar-refractivity contribution in [1.82, 2.24) is 14.5 Å². The fourth-order valence-corrected chi connectivity index (χ4v) is 3.98. The van der Waals surface area contributed by atoms with Crippen molar-refractivity contribution >= 4 is 22.8 Å². The van der Waals surface area contributed by atoms with Crippen molar-refractivity contribution in [3.63, 3.8) is 0 Å². The number of aryl methyl sites for hydroxylation is 1. The van der Waals surface area contributed by atoms with E-state index in [0.717, 1.165) is 33.4 Å². The lowest BCUT2D eigenvalue weighted by atomic mass is 10.2. The highest BCUT2D eigenvalue weighted by atomic mass is 32.2. The van der Waals surface area contributed by atoms with Crippen LogP contribution in [0.5, 0.6) is 11.5 Å². The van der Waals surface area contributed by atoms with E-state index in [0.29, 0.717) is 23.7 Å². The summed E-state index contributed by atoms with van der Waals surface area (Å²) in [5, 5.41) is 0.743. The molecule has 136 valence electrons. The number of aromatic nitrogens is 3. The summed E-state index contributed by atoms with van der Waals surface area (Å²) in [6.07, 6.45) is 0. The topological polar surface area (TPSA) is 69.1 Å². The van der Waals surface area contributed by atoms with Crippen molar-refractivity contribution < 1.29 is 9.47 Å². The first kappa shape index (κ1) is 17.0. The molecule has 0 amide bonds. The molecule has 7 heteroatoms. The van der Waals surface area contributed by atoms with Gasteiger partial charge in [-0.1, -0.05) is 31.7 Å². The van der Waals surface area contributed by atoms with Crippen LogP contribution < -0.4 is 15.0 Å². The summed E-state index contributed by atoms with van der Waals surface area (Å²) >= 11 is 1.57. The molecule has 4 rings (SSSR count). The van der Waals surface area contributed by atoms with Crippen molar-refractivity contribution in [1.29, 1.82) is 0 Å². The Morgan fingerprint density at radius 3 is 2.88 bits per heavy atom. The van der Waals surface area contributed by atoms with Crippen molar-refractivity contribution in [3.8, 4) is 11.5 Å². The quantitative estimate of drug-likeness (QED) is 0.547. The Bertz CT molecular complexity index is 1020. The molecule has 6 nitrogen and oxygen atoms in total. The van der Waals surface area contributed by atoms with E-state index in [-0.39, 0.29) is 12.4 Å². The third-order valence-corrected chi connectivity index (χ3v) is 5.24. The number of hydrogen-bond acceptors (Lipinski definition) is 5. The number of aromatic amines is 1.